The minimum Gasteiger partial charge on any atom is -0.478 e. The van der Waals surface area contributed by atoms with Crippen LogP contribution in [0, 0.1) is 0 Å². The molecule has 0 aliphatic heterocycles. The second-order valence-corrected chi connectivity index (χ2v) is 6.33. The zero-order chi connectivity index (χ0) is 15.1. The van der Waals surface area contributed by atoms with Crippen LogP contribution in [0.3, 0.4) is 0 Å². The summed E-state index contributed by atoms with van der Waals surface area (Å²) >= 11 is 0. The van der Waals surface area contributed by atoms with E-state index in [1.807, 2.05) is 0 Å². The van der Waals surface area contributed by atoms with Gasteiger partial charge in [0.05, 0.1) is 28.6 Å². The van der Waals surface area contributed by atoms with Gasteiger partial charge >= 0.3 is 16.2 Å². The molecule has 108 valence electrons. The number of benzene rings is 1. The first-order valence-electron chi connectivity index (χ1n) is 5.61. The minimum atomic E-state index is -3.70. The molecule has 0 spiro atoms. The maximum atomic E-state index is 11.8. The molecule has 0 radical (unpaired) electrons. The van der Waals surface area contributed by atoms with Crippen LogP contribution in [0.15, 0.2) is 18.5 Å². The van der Waals surface area contributed by atoms with Crippen molar-refractivity contribution >= 4 is 32.9 Å². The van der Waals surface area contributed by atoms with Crippen LogP contribution >= 0.6 is 0 Å². The van der Waals surface area contributed by atoms with Crippen molar-refractivity contribution in [3.05, 3.63) is 24.0 Å². The number of aryl methyl sites for hydroxylation is 1. The molecule has 2 N–H and O–H groups in total. The number of hydrogen-bond donors (Lipinski definition) is 2. The lowest BCUT2D eigenvalue weighted by molar-refractivity contribution is 0.0698. The summed E-state index contributed by atoms with van der Waals surface area (Å²) in [5.41, 5.74) is 0.982. The van der Waals surface area contributed by atoms with Crippen molar-refractivity contribution in [1.82, 2.24) is 13.9 Å². The molecular formula is C11H14N4O4S. The maximum Gasteiger partial charge on any atom is 0.337 e. The third kappa shape index (κ3) is 2.45. The van der Waals surface area contributed by atoms with Crippen molar-refractivity contribution in [2.24, 2.45) is 7.05 Å². The van der Waals surface area contributed by atoms with E-state index in [4.69, 9.17) is 0 Å². The molecule has 9 heteroatoms. The van der Waals surface area contributed by atoms with Crippen molar-refractivity contribution in [1.29, 1.82) is 0 Å². The molecule has 8 nitrogen and oxygen atoms in total. The SMILES string of the molecule is CN(C)S(=O)(=O)Nc1cc(C(=O)O)c2c(c1)ncn2C. The number of anilines is 1. The highest BCUT2D eigenvalue weighted by Crippen LogP contribution is 2.23. The van der Waals surface area contributed by atoms with E-state index in [1.54, 1.807) is 11.6 Å². The third-order valence-electron chi connectivity index (χ3n) is 2.77. The fourth-order valence-corrected chi connectivity index (χ4v) is 2.36. The second kappa shape index (κ2) is 4.76. The first-order valence-corrected chi connectivity index (χ1v) is 7.05. The number of fused-ring (bicyclic) bond motifs is 1. The van der Waals surface area contributed by atoms with Gasteiger partial charge in [-0.1, -0.05) is 0 Å². The lowest BCUT2D eigenvalue weighted by atomic mass is 10.1. The standard InChI is InChI=1S/C11H14N4O4S/c1-14(2)20(18,19)13-7-4-8(11(16)17)10-9(5-7)12-6-15(10)3/h4-6,13H,1-3H3,(H,16,17). The predicted molar refractivity (Wildman–Crippen MR) is 73.9 cm³/mol. The summed E-state index contributed by atoms with van der Waals surface area (Å²) in [6.45, 7) is 0. The van der Waals surface area contributed by atoms with Gasteiger partial charge in [-0.3, -0.25) is 4.72 Å². The van der Waals surface area contributed by atoms with Crippen molar-refractivity contribution in [2.45, 2.75) is 0 Å². The molecule has 0 saturated heterocycles. The second-order valence-electron chi connectivity index (χ2n) is 4.44. The molecule has 0 bridgehead atoms. The minimum absolute atomic E-state index is 0.0149. The van der Waals surface area contributed by atoms with Gasteiger partial charge in [0.1, 0.15) is 0 Å². The van der Waals surface area contributed by atoms with Crippen LogP contribution in [0.1, 0.15) is 10.4 Å². The number of aromatic carboxylic acids is 1. The predicted octanol–water partition coefficient (Wildman–Crippen LogP) is 0.490. The number of hydrogen-bond acceptors (Lipinski definition) is 4. The molecule has 1 aromatic heterocycles. The highest BCUT2D eigenvalue weighted by molar-refractivity contribution is 7.90. The van der Waals surface area contributed by atoms with E-state index < -0.39 is 16.2 Å². The average molecular weight is 298 g/mol. The van der Waals surface area contributed by atoms with Crippen molar-refractivity contribution < 1.29 is 18.3 Å². The number of aromatic nitrogens is 2. The summed E-state index contributed by atoms with van der Waals surface area (Å²) in [5.74, 6) is -1.15. The van der Waals surface area contributed by atoms with Gasteiger partial charge in [0.25, 0.3) is 0 Å². The number of imidazole rings is 1. The molecule has 0 amide bonds. The molecular weight excluding hydrogens is 284 g/mol. The Morgan fingerprint density at radius 3 is 2.60 bits per heavy atom. The van der Waals surface area contributed by atoms with Crippen LogP contribution < -0.4 is 4.72 Å². The van der Waals surface area contributed by atoms with Gasteiger partial charge < -0.3 is 9.67 Å². The fourth-order valence-electron chi connectivity index (χ4n) is 1.76. The summed E-state index contributed by atoms with van der Waals surface area (Å²) in [7, 11) is 0.722. The topological polar surface area (TPSA) is 105 Å². The van der Waals surface area contributed by atoms with E-state index in [1.165, 1.54) is 32.6 Å². The Balaban J connectivity index is 2.60. The molecule has 1 aromatic carbocycles. The highest BCUT2D eigenvalue weighted by atomic mass is 32.2. The van der Waals surface area contributed by atoms with Gasteiger partial charge in [0.2, 0.25) is 0 Å². The van der Waals surface area contributed by atoms with E-state index in [0.717, 1.165) is 4.31 Å². The molecule has 1 heterocycles. The normalized spacial score (nSPS) is 12.0. The monoisotopic (exact) mass is 298 g/mol. The van der Waals surface area contributed by atoms with Crippen molar-refractivity contribution in [3.63, 3.8) is 0 Å². The van der Waals surface area contributed by atoms with Gasteiger partial charge in [0, 0.05) is 21.1 Å². The van der Waals surface area contributed by atoms with Gasteiger partial charge in [-0.25, -0.2) is 9.78 Å². The third-order valence-corrected chi connectivity index (χ3v) is 4.23. The van der Waals surface area contributed by atoms with Crippen LogP contribution in [0.4, 0.5) is 5.69 Å². The van der Waals surface area contributed by atoms with Gasteiger partial charge in [0.15, 0.2) is 0 Å². The molecule has 0 aliphatic carbocycles. The number of carboxylic acid groups (broad SMARTS) is 1. The first-order chi connectivity index (χ1) is 9.22. The quantitative estimate of drug-likeness (QED) is 0.854. The fraction of sp³-hybridized carbons (Fsp3) is 0.273. The molecule has 0 fully saturated rings. The largest absolute Gasteiger partial charge is 0.478 e. The molecule has 2 rings (SSSR count). The summed E-state index contributed by atoms with van der Waals surface area (Å²) in [5, 5.41) is 9.23. The molecule has 0 unspecified atom stereocenters. The van der Waals surface area contributed by atoms with E-state index >= 15 is 0 Å². The number of nitrogens with zero attached hydrogens (tertiary/aromatic N) is 3. The Morgan fingerprint density at radius 1 is 1.40 bits per heavy atom. The first kappa shape index (κ1) is 14.3. The summed E-state index contributed by atoms with van der Waals surface area (Å²) in [6, 6.07) is 2.76. The lowest BCUT2D eigenvalue weighted by Gasteiger charge is -2.14. The zero-order valence-corrected chi connectivity index (χ0v) is 12.0. The highest BCUT2D eigenvalue weighted by Gasteiger charge is 2.18. The number of carbonyl (C=O) groups is 1. The van der Waals surface area contributed by atoms with Crippen molar-refractivity contribution in [2.75, 3.05) is 18.8 Å². The Hall–Kier alpha value is -2.13. The molecule has 0 atom stereocenters. The number of rotatable bonds is 4. The number of nitrogens with one attached hydrogen (secondary N) is 1. The zero-order valence-electron chi connectivity index (χ0n) is 11.2. The number of carboxylic acids is 1. The Bertz CT molecular complexity index is 779. The molecule has 0 aliphatic rings. The van der Waals surface area contributed by atoms with Crippen molar-refractivity contribution in [3.8, 4) is 0 Å². The molecule has 2 aromatic rings. The summed E-state index contributed by atoms with van der Waals surface area (Å²) in [4.78, 5) is 15.3. The maximum absolute atomic E-state index is 11.8. The molecule has 20 heavy (non-hydrogen) atoms. The Morgan fingerprint density at radius 2 is 2.05 bits per heavy atom. The Labute approximate surface area is 115 Å². The molecule has 0 saturated carbocycles. The van der Waals surface area contributed by atoms with Crippen LogP contribution in [0.2, 0.25) is 0 Å². The van der Waals surface area contributed by atoms with E-state index in [-0.39, 0.29) is 11.3 Å². The Kier molecular flexibility index (Phi) is 3.40. The van der Waals surface area contributed by atoms with E-state index in [0.29, 0.717) is 11.0 Å². The van der Waals surface area contributed by atoms with Gasteiger partial charge in [-0.15, -0.1) is 0 Å². The van der Waals surface area contributed by atoms with Crippen LogP contribution in [0.25, 0.3) is 11.0 Å². The summed E-state index contributed by atoms with van der Waals surface area (Å²) < 4.78 is 28.4. The van der Waals surface area contributed by atoms with Gasteiger partial charge in [-0.2, -0.15) is 12.7 Å². The van der Waals surface area contributed by atoms with Crippen LogP contribution in [-0.2, 0) is 17.3 Å². The van der Waals surface area contributed by atoms with E-state index in [2.05, 4.69) is 9.71 Å². The van der Waals surface area contributed by atoms with Crippen LogP contribution in [-0.4, -0.2) is 47.4 Å². The lowest BCUT2D eigenvalue weighted by Crippen LogP contribution is -2.29. The summed E-state index contributed by atoms with van der Waals surface area (Å²) in [6.07, 6.45) is 1.47. The average Bonchev–Trinajstić information content (AvgIpc) is 2.69. The van der Waals surface area contributed by atoms with Crippen LogP contribution in [0.5, 0.6) is 0 Å². The van der Waals surface area contributed by atoms with Gasteiger partial charge in [-0.05, 0) is 12.1 Å². The van der Waals surface area contributed by atoms with E-state index in [9.17, 15) is 18.3 Å². The smallest absolute Gasteiger partial charge is 0.337 e.